The molecule has 0 aliphatic carbocycles. The minimum absolute atomic E-state index is 0.313. The van der Waals surface area contributed by atoms with Crippen molar-refractivity contribution in [2.45, 2.75) is 38.3 Å². The Morgan fingerprint density at radius 1 is 1.56 bits per heavy atom. The van der Waals surface area contributed by atoms with E-state index in [9.17, 15) is 0 Å². The van der Waals surface area contributed by atoms with Crippen molar-refractivity contribution in [2.24, 2.45) is 7.05 Å². The summed E-state index contributed by atoms with van der Waals surface area (Å²) in [5.74, 6) is 0. The van der Waals surface area contributed by atoms with Crippen molar-refractivity contribution in [2.75, 3.05) is 13.2 Å². The molecular formula is C12H21N3O. The molecule has 16 heavy (non-hydrogen) atoms. The number of rotatable bonds is 5. The summed E-state index contributed by atoms with van der Waals surface area (Å²) in [5.41, 5.74) is 1.15. The zero-order chi connectivity index (χ0) is 11.4. The molecule has 1 atom stereocenters. The Hall–Kier alpha value is -0.870. The van der Waals surface area contributed by atoms with Crippen molar-refractivity contribution in [1.29, 1.82) is 0 Å². The zero-order valence-electron chi connectivity index (χ0n) is 9.97. The molecule has 2 heterocycles. The molecule has 4 nitrogen and oxygen atoms in total. The van der Waals surface area contributed by atoms with E-state index in [-0.39, 0.29) is 0 Å². The van der Waals surface area contributed by atoms with E-state index in [0.29, 0.717) is 12.6 Å². The lowest BCUT2D eigenvalue weighted by Gasteiger charge is -2.23. The fourth-order valence-electron chi connectivity index (χ4n) is 2.51. The molecule has 0 saturated carbocycles. The molecule has 4 heteroatoms. The van der Waals surface area contributed by atoms with Crippen LogP contribution in [0.5, 0.6) is 0 Å². The predicted octanol–water partition coefficient (Wildman–Crippen LogP) is 1.16. The van der Waals surface area contributed by atoms with E-state index in [1.165, 1.54) is 19.4 Å². The minimum atomic E-state index is 0.313. The second kappa shape index (κ2) is 5.46. The van der Waals surface area contributed by atoms with Gasteiger partial charge < -0.3 is 5.11 Å². The number of aryl methyl sites for hydroxylation is 1. The third-order valence-electron chi connectivity index (χ3n) is 3.33. The maximum absolute atomic E-state index is 8.87. The maximum Gasteiger partial charge on any atom is 0.0764 e. The van der Waals surface area contributed by atoms with Crippen LogP contribution in [0.25, 0.3) is 0 Å². The molecule has 0 spiro atoms. The van der Waals surface area contributed by atoms with E-state index in [0.717, 1.165) is 25.1 Å². The van der Waals surface area contributed by atoms with Crippen LogP contribution in [-0.2, 0) is 13.6 Å². The molecule has 0 bridgehead atoms. The highest BCUT2D eigenvalue weighted by molar-refractivity contribution is 4.99. The second-order valence-corrected chi connectivity index (χ2v) is 4.61. The lowest BCUT2D eigenvalue weighted by Crippen LogP contribution is -2.29. The van der Waals surface area contributed by atoms with E-state index in [2.05, 4.69) is 16.1 Å². The van der Waals surface area contributed by atoms with Crippen molar-refractivity contribution in [3.05, 3.63) is 18.0 Å². The van der Waals surface area contributed by atoms with Crippen molar-refractivity contribution in [3.63, 3.8) is 0 Å². The van der Waals surface area contributed by atoms with E-state index < -0.39 is 0 Å². The maximum atomic E-state index is 8.87. The first kappa shape index (κ1) is 11.6. The summed E-state index contributed by atoms with van der Waals surface area (Å²) in [6.45, 7) is 2.44. The molecule has 1 unspecified atom stereocenters. The zero-order valence-corrected chi connectivity index (χ0v) is 9.97. The molecule has 1 saturated heterocycles. The number of hydrogen-bond acceptors (Lipinski definition) is 3. The van der Waals surface area contributed by atoms with Gasteiger partial charge in [-0.3, -0.25) is 9.58 Å². The number of likely N-dealkylation sites (tertiary alicyclic amines) is 1. The molecule has 0 radical (unpaired) electrons. The fourth-order valence-corrected chi connectivity index (χ4v) is 2.51. The molecule has 0 aromatic carbocycles. The standard InChI is InChI=1S/C12H21N3O/c1-14-8-6-11(13-14)10-15-7-2-4-12(15)5-3-9-16/h6,8,12,16H,2-5,7,9-10H2,1H3. The van der Waals surface area contributed by atoms with Gasteiger partial charge in [0, 0.05) is 32.4 Å². The van der Waals surface area contributed by atoms with Crippen LogP contribution in [0.4, 0.5) is 0 Å². The van der Waals surface area contributed by atoms with Gasteiger partial charge in [-0.1, -0.05) is 0 Å². The Morgan fingerprint density at radius 2 is 2.44 bits per heavy atom. The summed E-state index contributed by atoms with van der Waals surface area (Å²) in [7, 11) is 1.96. The van der Waals surface area contributed by atoms with Crippen LogP contribution < -0.4 is 0 Å². The van der Waals surface area contributed by atoms with E-state index in [4.69, 9.17) is 5.11 Å². The minimum Gasteiger partial charge on any atom is -0.396 e. The lowest BCUT2D eigenvalue weighted by atomic mass is 10.1. The highest BCUT2D eigenvalue weighted by atomic mass is 16.2. The summed E-state index contributed by atoms with van der Waals surface area (Å²) in [5, 5.41) is 13.3. The van der Waals surface area contributed by atoms with Gasteiger partial charge in [0.25, 0.3) is 0 Å². The Balaban J connectivity index is 1.88. The molecule has 1 N–H and O–H groups in total. The van der Waals surface area contributed by atoms with Gasteiger partial charge in [0.05, 0.1) is 5.69 Å². The van der Waals surface area contributed by atoms with Crippen LogP contribution in [0.3, 0.4) is 0 Å². The van der Waals surface area contributed by atoms with Gasteiger partial charge in [0.15, 0.2) is 0 Å². The summed E-state index contributed by atoms with van der Waals surface area (Å²) in [6.07, 6.45) is 6.58. The summed E-state index contributed by atoms with van der Waals surface area (Å²) < 4.78 is 1.86. The molecule has 1 aliphatic rings. The quantitative estimate of drug-likeness (QED) is 0.814. The predicted molar refractivity (Wildman–Crippen MR) is 63.0 cm³/mol. The van der Waals surface area contributed by atoms with Gasteiger partial charge in [-0.25, -0.2) is 0 Å². The van der Waals surface area contributed by atoms with Crippen molar-refractivity contribution >= 4 is 0 Å². The summed E-state index contributed by atoms with van der Waals surface area (Å²) >= 11 is 0. The largest absolute Gasteiger partial charge is 0.396 e. The Morgan fingerprint density at radius 3 is 3.12 bits per heavy atom. The normalized spacial score (nSPS) is 21.8. The van der Waals surface area contributed by atoms with Crippen molar-refractivity contribution in [3.8, 4) is 0 Å². The van der Waals surface area contributed by atoms with Gasteiger partial charge in [-0.05, 0) is 38.3 Å². The highest BCUT2D eigenvalue weighted by Gasteiger charge is 2.24. The molecule has 0 amide bonds. The van der Waals surface area contributed by atoms with Gasteiger partial charge >= 0.3 is 0 Å². The molecule has 1 aromatic rings. The van der Waals surface area contributed by atoms with Crippen LogP contribution in [0.1, 0.15) is 31.4 Å². The highest BCUT2D eigenvalue weighted by Crippen LogP contribution is 2.22. The molecular weight excluding hydrogens is 202 g/mol. The summed E-state index contributed by atoms with van der Waals surface area (Å²) in [4.78, 5) is 2.50. The van der Waals surface area contributed by atoms with Crippen LogP contribution in [-0.4, -0.2) is 39.0 Å². The number of aliphatic hydroxyl groups is 1. The molecule has 1 aliphatic heterocycles. The Bertz CT molecular complexity index is 324. The van der Waals surface area contributed by atoms with Crippen LogP contribution in [0, 0.1) is 0 Å². The van der Waals surface area contributed by atoms with Crippen molar-refractivity contribution < 1.29 is 5.11 Å². The SMILES string of the molecule is Cn1ccc(CN2CCCC2CCCO)n1. The summed E-state index contributed by atoms with van der Waals surface area (Å²) in [6, 6.07) is 2.73. The number of nitrogens with zero attached hydrogens (tertiary/aromatic N) is 3. The van der Waals surface area contributed by atoms with Crippen LogP contribution in [0.2, 0.25) is 0 Å². The molecule has 90 valence electrons. The molecule has 1 aromatic heterocycles. The van der Waals surface area contributed by atoms with Gasteiger partial charge in [-0.15, -0.1) is 0 Å². The first-order chi connectivity index (χ1) is 7.79. The lowest BCUT2D eigenvalue weighted by molar-refractivity contribution is 0.208. The van der Waals surface area contributed by atoms with Gasteiger partial charge in [0.1, 0.15) is 0 Å². The molecule has 2 rings (SSSR count). The van der Waals surface area contributed by atoms with Crippen LogP contribution >= 0.6 is 0 Å². The van der Waals surface area contributed by atoms with Crippen molar-refractivity contribution in [1.82, 2.24) is 14.7 Å². The fraction of sp³-hybridized carbons (Fsp3) is 0.750. The topological polar surface area (TPSA) is 41.3 Å². The monoisotopic (exact) mass is 223 g/mol. The molecule has 1 fully saturated rings. The second-order valence-electron chi connectivity index (χ2n) is 4.61. The van der Waals surface area contributed by atoms with E-state index >= 15 is 0 Å². The van der Waals surface area contributed by atoms with E-state index in [1.807, 2.05) is 17.9 Å². The first-order valence-electron chi connectivity index (χ1n) is 6.13. The Kier molecular flexibility index (Phi) is 3.96. The number of hydrogen-bond donors (Lipinski definition) is 1. The van der Waals surface area contributed by atoms with Gasteiger partial charge in [0.2, 0.25) is 0 Å². The Labute approximate surface area is 96.9 Å². The third kappa shape index (κ3) is 2.83. The number of aromatic nitrogens is 2. The number of aliphatic hydroxyl groups excluding tert-OH is 1. The van der Waals surface area contributed by atoms with Crippen LogP contribution in [0.15, 0.2) is 12.3 Å². The third-order valence-corrected chi connectivity index (χ3v) is 3.33. The smallest absolute Gasteiger partial charge is 0.0764 e. The van der Waals surface area contributed by atoms with E-state index in [1.54, 1.807) is 0 Å². The van der Waals surface area contributed by atoms with Gasteiger partial charge in [-0.2, -0.15) is 5.10 Å². The average molecular weight is 223 g/mol. The average Bonchev–Trinajstić information content (AvgIpc) is 2.86. The first-order valence-corrected chi connectivity index (χ1v) is 6.13.